The Bertz CT molecular complexity index is 696. The molecule has 0 spiro atoms. The van der Waals surface area contributed by atoms with Crippen LogP contribution in [0.2, 0.25) is 0 Å². The lowest BCUT2D eigenvalue weighted by Gasteiger charge is -2.11. The minimum absolute atomic E-state index is 0.00333. The van der Waals surface area contributed by atoms with Crippen molar-refractivity contribution in [1.82, 2.24) is 4.98 Å². The van der Waals surface area contributed by atoms with E-state index in [2.05, 4.69) is 20.9 Å². The number of nitrogen functional groups attached to an aromatic ring is 1. The van der Waals surface area contributed by atoms with Crippen LogP contribution in [0.15, 0.2) is 45.9 Å². The SMILES string of the molecule is CS(=O)(=O)c1cccnc1Oc1c(N)cccc1Br. The van der Waals surface area contributed by atoms with E-state index in [1.807, 2.05) is 0 Å². The minimum Gasteiger partial charge on any atom is -0.434 e. The van der Waals surface area contributed by atoms with E-state index in [1.54, 1.807) is 18.2 Å². The summed E-state index contributed by atoms with van der Waals surface area (Å²) >= 11 is 3.30. The van der Waals surface area contributed by atoms with Crippen molar-refractivity contribution in [3.05, 3.63) is 41.0 Å². The van der Waals surface area contributed by atoms with Gasteiger partial charge in [0.2, 0.25) is 5.88 Å². The molecule has 0 fully saturated rings. The van der Waals surface area contributed by atoms with Crippen molar-refractivity contribution < 1.29 is 13.2 Å². The predicted octanol–water partition coefficient (Wildman–Crippen LogP) is 2.62. The van der Waals surface area contributed by atoms with Gasteiger partial charge in [-0.3, -0.25) is 0 Å². The van der Waals surface area contributed by atoms with E-state index in [9.17, 15) is 8.42 Å². The number of sulfone groups is 1. The molecule has 1 aromatic heterocycles. The van der Waals surface area contributed by atoms with Gasteiger partial charge in [-0.2, -0.15) is 0 Å². The molecule has 100 valence electrons. The van der Waals surface area contributed by atoms with E-state index in [0.717, 1.165) is 6.26 Å². The maximum Gasteiger partial charge on any atom is 0.238 e. The van der Waals surface area contributed by atoms with Crippen LogP contribution >= 0.6 is 15.9 Å². The Morgan fingerprint density at radius 3 is 2.63 bits per heavy atom. The molecule has 1 aromatic carbocycles. The van der Waals surface area contributed by atoms with Gasteiger partial charge >= 0.3 is 0 Å². The normalized spacial score (nSPS) is 11.3. The van der Waals surface area contributed by atoms with E-state index in [0.29, 0.717) is 15.9 Å². The van der Waals surface area contributed by atoms with Gasteiger partial charge < -0.3 is 10.5 Å². The summed E-state index contributed by atoms with van der Waals surface area (Å²) in [5.74, 6) is 0.342. The summed E-state index contributed by atoms with van der Waals surface area (Å²) in [5.41, 5.74) is 6.18. The Labute approximate surface area is 119 Å². The molecule has 2 N–H and O–H groups in total. The zero-order valence-electron chi connectivity index (χ0n) is 10.00. The van der Waals surface area contributed by atoms with Crippen molar-refractivity contribution in [2.24, 2.45) is 0 Å². The molecule has 19 heavy (non-hydrogen) atoms. The second-order valence-electron chi connectivity index (χ2n) is 3.84. The van der Waals surface area contributed by atoms with Crippen molar-refractivity contribution in [3.63, 3.8) is 0 Å². The van der Waals surface area contributed by atoms with Gasteiger partial charge in [0, 0.05) is 12.5 Å². The zero-order chi connectivity index (χ0) is 14.0. The molecule has 2 rings (SSSR count). The number of anilines is 1. The molecule has 0 unspecified atom stereocenters. The number of para-hydroxylation sites is 1. The standard InChI is InChI=1S/C12H11BrN2O3S/c1-19(16,17)10-6-3-7-15-12(10)18-11-8(13)4-2-5-9(11)14/h2-7H,14H2,1H3. The lowest BCUT2D eigenvalue weighted by Crippen LogP contribution is -2.03. The summed E-state index contributed by atoms with van der Waals surface area (Å²) in [4.78, 5) is 3.96. The number of aromatic nitrogens is 1. The van der Waals surface area contributed by atoms with Gasteiger partial charge in [-0.15, -0.1) is 0 Å². The van der Waals surface area contributed by atoms with E-state index in [1.165, 1.54) is 18.3 Å². The molecule has 7 heteroatoms. The number of halogens is 1. The van der Waals surface area contributed by atoms with Crippen LogP contribution in [0.1, 0.15) is 0 Å². The summed E-state index contributed by atoms with van der Waals surface area (Å²) in [6.07, 6.45) is 2.55. The van der Waals surface area contributed by atoms with Gasteiger partial charge in [-0.25, -0.2) is 13.4 Å². The van der Waals surface area contributed by atoms with Gasteiger partial charge in [-0.05, 0) is 40.2 Å². The van der Waals surface area contributed by atoms with Crippen LogP contribution in [-0.2, 0) is 9.84 Å². The van der Waals surface area contributed by atoms with Gasteiger partial charge in [0.15, 0.2) is 15.6 Å². The number of nitrogens with two attached hydrogens (primary N) is 1. The Hall–Kier alpha value is -1.60. The molecule has 1 heterocycles. The number of hydrogen-bond acceptors (Lipinski definition) is 5. The molecule has 0 aliphatic carbocycles. The Balaban J connectivity index is 2.51. The number of ether oxygens (including phenoxy) is 1. The molecular formula is C12H11BrN2O3S. The molecular weight excluding hydrogens is 332 g/mol. The molecule has 2 aromatic rings. The molecule has 0 amide bonds. The molecule has 0 saturated heterocycles. The highest BCUT2D eigenvalue weighted by Gasteiger charge is 2.17. The number of benzene rings is 1. The molecule has 0 aliphatic rings. The van der Waals surface area contributed by atoms with Crippen molar-refractivity contribution in [2.45, 2.75) is 4.90 Å². The average molecular weight is 343 g/mol. The second-order valence-corrected chi connectivity index (χ2v) is 6.68. The monoisotopic (exact) mass is 342 g/mol. The first-order valence-electron chi connectivity index (χ1n) is 5.26. The van der Waals surface area contributed by atoms with Gasteiger partial charge in [-0.1, -0.05) is 6.07 Å². The number of pyridine rings is 1. The molecule has 0 radical (unpaired) electrons. The lowest BCUT2D eigenvalue weighted by molar-refractivity contribution is 0.447. The van der Waals surface area contributed by atoms with Crippen molar-refractivity contribution in [2.75, 3.05) is 12.0 Å². The third kappa shape index (κ3) is 3.05. The van der Waals surface area contributed by atoms with Crippen LogP contribution in [-0.4, -0.2) is 19.7 Å². The summed E-state index contributed by atoms with van der Waals surface area (Å²) in [6.45, 7) is 0. The largest absolute Gasteiger partial charge is 0.434 e. The molecule has 0 atom stereocenters. The van der Waals surface area contributed by atoms with E-state index < -0.39 is 9.84 Å². The third-order valence-electron chi connectivity index (χ3n) is 2.33. The fraction of sp³-hybridized carbons (Fsp3) is 0.0833. The Morgan fingerprint density at radius 2 is 2.00 bits per heavy atom. The zero-order valence-corrected chi connectivity index (χ0v) is 12.4. The molecule has 5 nitrogen and oxygen atoms in total. The van der Waals surface area contributed by atoms with Crippen LogP contribution in [0.5, 0.6) is 11.6 Å². The van der Waals surface area contributed by atoms with Crippen LogP contribution in [0, 0.1) is 0 Å². The molecule has 0 aliphatic heterocycles. The highest BCUT2D eigenvalue weighted by Crippen LogP contribution is 2.36. The van der Waals surface area contributed by atoms with E-state index in [-0.39, 0.29) is 10.8 Å². The molecule has 0 bridgehead atoms. The number of nitrogens with zero attached hydrogens (tertiary/aromatic N) is 1. The van der Waals surface area contributed by atoms with Gasteiger partial charge in [0.05, 0.1) is 10.2 Å². The predicted molar refractivity (Wildman–Crippen MR) is 76.0 cm³/mol. The van der Waals surface area contributed by atoms with E-state index >= 15 is 0 Å². The fourth-order valence-corrected chi connectivity index (χ4v) is 2.66. The van der Waals surface area contributed by atoms with Crippen LogP contribution in [0.4, 0.5) is 5.69 Å². The topological polar surface area (TPSA) is 82.3 Å². The summed E-state index contributed by atoms with van der Waals surface area (Å²) in [7, 11) is -3.42. The fourth-order valence-electron chi connectivity index (χ4n) is 1.46. The smallest absolute Gasteiger partial charge is 0.238 e. The first-order chi connectivity index (χ1) is 8.89. The Kier molecular flexibility index (Phi) is 3.77. The number of hydrogen-bond donors (Lipinski definition) is 1. The Morgan fingerprint density at radius 1 is 1.26 bits per heavy atom. The van der Waals surface area contributed by atoms with Crippen molar-refractivity contribution in [1.29, 1.82) is 0 Å². The maximum absolute atomic E-state index is 11.7. The highest BCUT2D eigenvalue weighted by atomic mass is 79.9. The highest BCUT2D eigenvalue weighted by molar-refractivity contribution is 9.10. The van der Waals surface area contributed by atoms with Crippen molar-refractivity contribution >= 4 is 31.5 Å². The van der Waals surface area contributed by atoms with Crippen LogP contribution < -0.4 is 10.5 Å². The van der Waals surface area contributed by atoms with Crippen molar-refractivity contribution in [3.8, 4) is 11.6 Å². The summed E-state index contributed by atoms with van der Waals surface area (Å²) < 4.78 is 29.5. The van der Waals surface area contributed by atoms with Crippen LogP contribution in [0.25, 0.3) is 0 Å². The maximum atomic E-state index is 11.7. The molecule has 0 saturated carbocycles. The minimum atomic E-state index is -3.42. The average Bonchev–Trinajstić information content (AvgIpc) is 2.33. The summed E-state index contributed by atoms with van der Waals surface area (Å²) in [6, 6.07) is 8.12. The van der Waals surface area contributed by atoms with Gasteiger partial charge in [0.1, 0.15) is 4.90 Å². The first kappa shape index (κ1) is 13.8. The van der Waals surface area contributed by atoms with Crippen LogP contribution in [0.3, 0.4) is 0 Å². The third-order valence-corrected chi connectivity index (χ3v) is 4.07. The quantitative estimate of drug-likeness (QED) is 0.867. The lowest BCUT2D eigenvalue weighted by atomic mass is 10.3. The number of rotatable bonds is 3. The summed E-state index contributed by atoms with van der Waals surface area (Å²) in [5, 5.41) is 0. The first-order valence-corrected chi connectivity index (χ1v) is 7.95. The van der Waals surface area contributed by atoms with E-state index in [4.69, 9.17) is 10.5 Å². The van der Waals surface area contributed by atoms with Gasteiger partial charge in [0.25, 0.3) is 0 Å². The second kappa shape index (κ2) is 5.18.